The van der Waals surface area contributed by atoms with Crippen LogP contribution in [0, 0.1) is 5.41 Å². The minimum atomic E-state index is -0.601. The van der Waals surface area contributed by atoms with Crippen LogP contribution in [0.25, 0.3) is 0 Å². The molecule has 0 saturated carbocycles. The van der Waals surface area contributed by atoms with Crippen molar-refractivity contribution in [3.05, 3.63) is 125 Å². The summed E-state index contributed by atoms with van der Waals surface area (Å²) in [6, 6.07) is 27.9. The van der Waals surface area contributed by atoms with Crippen molar-refractivity contribution in [2.45, 2.75) is 38.6 Å². The molecule has 0 unspecified atom stereocenters. The van der Waals surface area contributed by atoms with Gasteiger partial charge in [0.05, 0.1) is 18.4 Å². The Kier molecular flexibility index (Phi) is 9.20. The van der Waals surface area contributed by atoms with Crippen molar-refractivity contribution in [3.63, 3.8) is 0 Å². The second-order valence-electron chi connectivity index (χ2n) is 11.0. The molecule has 6 nitrogen and oxygen atoms in total. The molecule has 0 aliphatic carbocycles. The molecule has 0 atom stereocenters. The summed E-state index contributed by atoms with van der Waals surface area (Å²) in [7, 11) is 1.96. The first kappa shape index (κ1) is 28.6. The van der Waals surface area contributed by atoms with Crippen LogP contribution in [-0.4, -0.2) is 50.8 Å². The van der Waals surface area contributed by atoms with E-state index < -0.39 is 5.41 Å². The van der Waals surface area contributed by atoms with Gasteiger partial charge in [-0.3, -0.25) is 9.59 Å². The Morgan fingerprint density at radius 1 is 0.878 bits per heavy atom. The fourth-order valence-electron chi connectivity index (χ4n) is 5.74. The molecule has 1 fully saturated rings. The van der Waals surface area contributed by atoms with Crippen LogP contribution in [0.4, 0.5) is 0 Å². The number of nitrogens with zero attached hydrogens (tertiary/aromatic N) is 4. The molecule has 41 heavy (non-hydrogen) atoms. The van der Waals surface area contributed by atoms with E-state index in [9.17, 15) is 9.59 Å². The maximum atomic E-state index is 14.7. The van der Waals surface area contributed by atoms with Crippen LogP contribution in [-0.2, 0) is 42.4 Å². The average Bonchev–Trinajstić information content (AvgIpc) is 3.41. The Morgan fingerprint density at radius 2 is 1.51 bits per heavy atom. The molecule has 0 N–H and O–H groups in total. The van der Waals surface area contributed by atoms with Gasteiger partial charge in [-0.2, -0.15) is 0 Å². The molecule has 1 aliphatic heterocycles. The summed E-state index contributed by atoms with van der Waals surface area (Å²) in [5.41, 5.74) is 2.68. The van der Waals surface area contributed by atoms with Gasteiger partial charge >= 0.3 is 0 Å². The molecule has 1 aliphatic rings. The molecule has 1 aromatic heterocycles. The fraction of sp³-hybridized carbons (Fsp3) is 0.324. The SMILES string of the molecule is Cn1ccnc1CN(CCc1ccc(Cl)cc1)C(=O)C1(Cc2ccccc2)CCN(C(=O)Cc2ccccc2)CC1. The van der Waals surface area contributed by atoms with Gasteiger partial charge in [0.2, 0.25) is 11.8 Å². The largest absolute Gasteiger partial charge is 0.342 e. The molecule has 2 heterocycles. The van der Waals surface area contributed by atoms with Gasteiger partial charge in [0.15, 0.2) is 0 Å². The first-order chi connectivity index (χ1) is 19.9. The second-order valence-corrected chi connectivity index (χ2v) is 11.5. The topological polar surface area (TPSA) is 58.4 Å². The molecular weight excluding hydrogens is 532 g/mol. The lowest BCUT2D eigenvalue weighted by Crippen LogP contribution is -2.53. The van der Waals surface area contributed by atoms with Crippen molar-refractivity contribution in [2.24, 2.45) is 12.5 Å². The van der Waals surface area contributed by atoms with E-state index in [-0.39, 0.29) is 11.8 Å². The number of imidazole rings is 1. The zero-order valence-corrected chi connectivity index (χ0v) is 24.3. The molecule has 4 aromatic rings. The summed E-state index contributed by atoms with van der Waals surface area (Å²) >= 11 is 6.11. The fourth-order valence-corrected chi connectivity index (χ4v) is 5.87. The molecule has 0 bridgehead atoms. The first-order valence-corrected chi connectivity index (χ1v) is 14.7. The van der Waals surface area contributed by atoms with Crippen molar-refractivity contribution in [2.75, 3.05) is 19.6 Å². The Hall–Kier alpha value is -3.90. The third-order valence-corrected chi connectivity index (χ3v) is 8.49. The van der Waals surface area contributed by atoms with E-state index >= 15 is 0 Å². The highest BCUT2D eigenvalue weighted by Crippen LogP contribution is 2.38. The lowest BCUT2D eigenvalue weighted by Gasteiger charge is -2.43. The normalized spacial score (nSPS) is 14.5. The van der Waals surface area contributed by atoms with Gasteiger partial charge in [0.25, 0.3) is 0 Å². The van der Waals surface area contributed by atoms with E-state index in [2.05, 4.69) is 17.1 Å². The highest BCUT2D eigenvalue weighted by Gasteiger charge is 2.44. The molecule has 3 aromatic carbocycles. The number of halogens is 1. The van der Waals surface area contributed by atoms with Gasteiger partial charge in [0.1, 0.15) is 5.82 Å². The molecule has 1 saturated heterocycles. The summed E-state index contributed by atoms with van der Waals surface area (Å²) in [6.45, 7) is 2.14. The first-order valence-electron chi connectivity index (χ1n) is 14.3. The number of aryl methyl sites for hydroxylation is 1. The van der Waals surface area contributed by atoms with E-state index in [1.54, 1.807) is 6.20 Å². The Balaban J connectivity index is 1.38. The molecule has 0 radical (unpaired) electrons. The van der Waals surface area contributed by atoms with Crippen LogP contribution >= 0.6 is 11.6 Å². The Bertz CT molecular complexity index is 1430. The number of amides is 2. The third kappa shape index (κ3) is 7.25. The monoisotopic (exact) mass is 568 g/mol. The predicted octanol–water partition coefficient (Wildman–Crippen LogP) is 5.74. The van der Waals surface area contributed by atoms with Crippen LogP contribution in [0.2, 0.25) is 5.02 Å². The summed E-state index contributed by atoms with van der Waals surface area (Å²) < 4.78 is 1.97. The van der Waals surface area contributed by atoms with Crippen LogP contribution in [0.1, 0.15) is 35.4 Å². The van der Waals surface area contributed by atoms with Gasteiger partial charge in [-0.25, -0.2) is 4.98 Å². The molecule has 2 amide bonds. The van der Waals surface area contributed by atoms with Gasteiger partial charge in [-0.15, -0.1) is 0 Å². The van der Waals surface area contributed by atoms with E-state index in [4.69, 9.17) is 11.6 Å². The average molecular weight is 569 g/mol. The summed E-state index contributed by atoms with van der Waals surface area (Å²) in [4.78, 5) is 36.3. The lowest BCUT2D eigenvalue weighted by atomic mass is 9.72. The van der Waals surface area contributed by atoms with Crippen LogP contribution in [0.15, 0.2) is 97.3 Å². The molecule has 5 rings (SSSR count). The number of piperidine rings is 1. The minimum absolute atomic E-state index is 0.115. The van der Waals surface area contributed by atoms with Crippen molar-refractivity contribution in [1.29, 1.82) is 0 Å². The number of hydrogen-bond donors (Lipinski definition) is 0. The molecule has 0 spiro atoms. The predicted molar refractivity (Wildman–Crippen MR) is 162 cm³/mol. The molecular formula is C34H37ClN4O2. The van der Waals surface area contributed by atoms with Crippen LogP contribution < -0.4 is 0 Å². The standard InChI is InChI=1S/C34H37ClN4O2/c1-37-23-19-36-31(37)26-39(20-16-27-12-14-30(35)15-13-27)33(41)34(25-29-10-6-3-7-11-29)17-21-38(22-18-34)32(40)24-28-8-4-2-5-9-28/h2-15,19,23H,16-18,20-22,24-26H2,1H3. The van der Waals surface area contributed by atoms with E-state index in [1.165, 1.54) is 0 Å². The molecule has 212 valence electrons. The highest BCUT2D eigenvalue weighted by molar-refractivity contribution is 6.30. The van der Waals surface area contributed by atoms with Crippen LogP contribution in [0.5, 0.6) is 0 Å². The maximum absolute atomic E-state index is 14.7. The molecule has 7 heteroatoms. The van der Waals surface area contributed by atoms with Crippen molar-refractivity contribution in [3.8, 4) is 0 Å². The Labute approximate surface area is 247 Å². The van der Waals surface area contributed by atoms with E-state index in [0.29, 0.717) is 56.9 Å². The minimum Gasteiger partial charge on any atom is -0.342 e. The van der Waals surface area contributed by atoms with Crippen LogP contribution in [0.3, 0.4) is 0 Å². The number of likely N-dealkylation sites (tertiary alicyclic amines) is 1. The number of carbonyl (C=O) groups is 2. The number of rotatable bonds is 10. The van der Waals surface area contributed by atoms with Gasteiger partial charge < -0.3 is 14.4 Å². The zero-order valence-electron chi connectivity index (χ0n) is 23.6. The summed E-state index contributed by atoms with van der Waals surface area (Å²) in [6.07, 6.45) is 6.68. The number of benzene rings is 3. The maximum Gasteiger partial charge on any atom is 0.229 e. The van der Waals surface area contributed by atoms with E-state index in [0.717, 1.165) is 28.9 Å². The van der Waals surface area contributed by atoms with Gasteiger partial charge in [-0.05, 0) is 54.5 Å². The van der Waals surface area contributed by atoms with Crippen molar-refractivity contribution in [1.82, 2.24) is 19.4 Å². The van der Waals surface area contributed by atoms with E-state index in [1.807, 2.05) is 100 Å². The third-order valence-electron chi connectivity index (χ3n) is 8.23. The summed E-state index contributed by atoms with van der Waals surface area (Å²) in [5.74, 6) is 1.10. The van der Waals surface area contributed by atoms with Gasteiger partial charge in [0, 0.05) is 44.1 Å². The van der Waals surface area contributed by atoms with Crippen molar-refractivity contribution < 1.29 is 9.59 Å². The summed E-state index contributed by atoms with van der Waals surface area (Å²) in [5, 5.41) is 0.699. The smallest absolute Gasteiger partial charge is 0.229 e. The van der Waals surface area contributed by atoms with Gasteiger partial charge in [-0.1, -0.05) is 84.4 Å². The Morgan fingerprint density at radius 3 is 2.12 bits per heavy atom. The number of carbonyl (C=O) groups excluding carboxylic acids is 2. The quantitative estimate of drug-likeness (QED) is 0.245. The number of hydrogen-bond acceptors (Lipinski definition) is 3. The van der Waals surface area contributed by atoms with Crippen molar-refractivity contribution >= 4 is 23.4 Å². The second kappa shape index (κ2) is 13.2. The highest BCUT2D eigenvalue weighted by atomic mass is 35.5. The zero-order chi connectivity index (χ0) is 28.7. The number of aromatic nitrogens is 2. The lowest BCUT2D eigenvalue weighted by molar-refractivity contribution is -0.149.